The summed E-state index contributed by atoms with van der Waals surface area (Å²) in [4.78, 5) is 22.0. The lowest BCUT2D eigenvalue weighted by Crippen LogP contribution is -2.21. The Morgan fingerprint density at radius 3 is 2.53 bits per heavy atom. The van der Waals surface area contributed by atoms with Crippen LogP contribution in [-0.4, -0.2) is 30.6 Å². The van der Waals surface area contributed by atoms with Crippen LogP contribution in [0.1, 0.15) is 35.2 Å². The van der Waals surface area contributed by atoms with Crippen molar-refractivity contribution in [3.63, 3.8) is 0 Å². The number of hydrogen-bond donors (Lipinski definition) is 1. The minimum Gasteiger partial charge on any atom is -0.486 e. The highest BCUT2D eigenvalue weighted by Gasteiger charge is 2.48. The molecule has 1 saturated carbocycles. The van der Waals surface area contributed by atoms with Crippen molar-refractivity contribution < 1.29 is 24.2 Å². The van der Waals surface area contributed by atoms with E-state index in [2.05, 4.69) is 0 Å². The summed E-state index contributed by atoms with van der Waals surface area (Å²) in [7, 11) is 0. The van der Waals surface area contributed by atoms with Crippen LogP contribution in [0.25, 0.3) is 0 Å². The Morgan fingerprint density at radius 1 is 1.26 bits per heavy atom. The number of fused-ring (bicyclic) bond motifs is 1. The van der Waals surface area contributed by atoms with Gasteiger partial charge in [-0.2, -0.15) is 0 Å². The van der Waals surface area contributed by atoms with Gasteiger partial charge in [-0.3, -0.25) is 9.59 Å². The fraction of sp³-hybridized carbons (Fsp3) is 0.429. The second-order valence-electron chi connectivity index (χ2n) is 5.03. The van der Waals surface area contributed by atoms with Crippen molar-refractivity contribution in [1.82, 2.24) is 0 Å². The SMILES string of the molecule is O=Cc1ccc(C2(CC(=O)O)CC2)c2c1OCCO2. The van der Waals surface area contributed by atoms with Gasteiger partial charge < -0.3 is 14.6 Å². The molecule has 0 saturated heterocycles. The van der Waals surface area contributed by atoms with Crippen LogP contribution in [0.15, 0.2) is 12.1 Å². The molecule has 3 rings (SSSR count). The standard InChI is InChI=1S/C14H14O5/c15-8-9-1-2-10(13-12(9)18-5-6-19-13)14(3-4-14)7-11(16)17/h1-2,8H,3-7H2,(H,16,17). The molecule has 1 fully saturated rings. The normalized spacial score (nSPS) is 18.7. The Bertz CT molecular complexity index is 545. The summed E-state index contributed by atoms with van der Waals surface area (Å²) < 4.78 is 11.1. The zero-order chi connectivity index (χ0) is 13.5. The predicted octanol–water partition coefficient (Wildman–Crippen LogP) is 1.78. The Labute approximate surface area is 110 Å². The number of carboxylic acid groups (broad SMARTS) is 1. The van der Waals surface area contributed by atoms with Crippen molar-refractivity contribution in [3.8, 4) is 11.5 Å². The first-order chi connectivity index (χ1) is 9.16. The van der Waals surface area contributed by atoms with Crippen LogP contribution in [0, 0.1) is 0 Å². The van der Waals surface area contributed by atoms with E-state index in [1.54, 1.807) is 12.1 Å². The van der Waals surface area contributed by atoms with Crippen molar-refractivity contribution in [2.45, 2.75) is 24.7 Å². The van der Waals surface area contributed by atoms with Crippen molar-refractivity contribution >= 4 is 12.3 Å². The molecular weight excluding hydrogens is 248 g/mol. The third-order valence-electron chi connectivity index (χ3n) is 3.76. The highest BCUT2D eigenvalue weighted by atomic mass is 16.6. The van der Waals surface area contributed by atoms with Gasteiger partial charge in [-0.25, -0.2) is 0 Å². The number of hydrogen-bond acceptors (Lipinski definition) is 4. The van der Waals surface area contributed by atoms with Gasteiger partial charge in [0.15, 0.2) is 17.8 Å². The van der Waals surface area contributed by atoms with E-state index in [1.807, 2.05) is 0 Å². The van der Waals surface area contributed by atoms with Crippen LogP contribution in [0.4, 0.5) is 0 Å². The van der Waals surface area contributed by atoms with Crippen LogP contribution in [-0.2, 0) is 10.2 Å². The number of rotatable bonds is 4. The second-order valence-corrected chi connectivity index (χ2v) is 5.03. The highest BCUT2D eigenvalue weighted by Crippen LogP contribution is 2.56. The first-order valence-electron chi connectivity index (χ1n) is 6.26. The van der Waals surface area contributed by atoms with Gasteiger partial charge >= 0.3 is 5.97 Å². The van der Waals surface area contributed by atoms with E-state index in [9.17, 15) is 9.59 Å². The van der Waals surface area contributed by atoms with Crippen molar-refractivity contribution in [2.24, 2.45) is 0 Å². The largest absolute Gasteiger partial charge is 0.486 e. The fourth-order valence-electron chi connectivity index (χ4n) is 2.65. The maximum atomic E-state index is 11.0. The van der Waals surface area contributed by atoms with Gasteiger partial charge in [-0.15, -0.1) is 0 Å². The van der Waals surface area contributed by atoms with Crippen LogP contribution >= 0.6 is 0 Å². The number of aliphatic carboxylic acids is 1. The number of carbonyl (C=O) groups is 2. The number of aldehydes is 1. The third kappa shape index (κ3) is 1.95. The Morgan fingerprint density at radius 2 is 1.95 bits per heavy atom. The Balaban J connectivity index is 2.07. The van der Waals surface area contributed by atoms with E-state index in [0.29, 0.717) is 30.3 Å². The molecule has 0 unspecified atom stereocenters. The van der Waals surface area contributed by atoms with Gasteiger partial charge in [-0.1, -0.05) is 6.07 Å². The third-order valence-corrected chi connectivity index (χ3v) is 3.76. The molecule has 0 radical (unpaired) electrons. The summed E-state index contributed by atoms with van der Waals surface area (Å²) in [6.45, 7) is 0.828. The minimum atomic E-state index is -0.817. The maximum Gasteiger partial charge on any atom is 0.304 e. The average Bonchev–Trinajstić information content (AvgIpc) is 3.17. The minimum absolute atomic E-state index is 0.0865. The average molecular weight is 262 g/mol. The summed E-state index contributed by atoms with van der Waals surface area (Å²) in [6.07, 6.45) is 2.47. The van der Waals surface area contributed by atoms with Crippen molar-refractivity contribution in [1.29, 1.82) is 0 Å². The molecule has 1 aromatic carbocycles. The lowest BCUT2D eigenvalue weighted by molar-refractivity contribution is -0.137. The molecule has 100 valence electrons. The summed E-state index contributed by atoms with van der Waals surface area (Å²) in [5.41, 5.74) is 0.956. The number of benzene rings is 1. The van der Waals surface area contributed by atoms with Gasteiger partial charge in [-0.05, 0) is 18.9 Å². The second kappa shape index (κ2) is 4.26. The summed E-state index contributed by atoms with van der Waals surface area (Å²) in [6, 6.07) is 3.48. The quantitative estimate of drug-likeness (QED) is 0.837. The molecule has 0 amide bonds. The van der Waals surface area contributed by atoms with E-state index in [4.69, 9.17) is 14.6 Å². The summed E-state index contributed by atoms with van der Waals surface area (Å²) >= 11 is 0. The summed E-state index contributed by atoms with van der Waals surface area (Å²) in [5.74, 6) is 0.187. The van der Waals surface area contributed by atoms with Crippen LogP contribution in [0.3, 0.4) is 0 Å². The number of ether oxygens (including phenoxy) is 2. The Kier molecular flexibility index (Phi) is 2.69. The smallest absolute Gasteiger partial charge is 0.304 e. The molecule has 1 aromatic rings. The fourth-order valence-corrected chi connectivity index (χ4v) is 2.65. The molecule has 5 heteroatoms. The molecule has 0 bridgehead atoms. The molecule has 1 N–H and O–H groups in total. The monoisotopic (exact) mass is 262 g/mol. The zero-order valence-electron chi connectivity index (χ0n) is 10.3. The molecule has 1 aliphatic heterocycles. The van der Waals surface area contributed by atoms with Gasteiger partial charge in [0, 0.05) is 11.0 Å². The van der Waals surface area contributed by atoms with Crippen LogP contribution in [0.5, 0.6) is 11.5 Å². The topological polar surface area (TPSA) is 72.8 Å². The molecule has 0 atom stereocenters. The van der Waals surface area contributed by atoms with Gasteiger partial charge in [0.05, 0.1) is 12.0 Å². The molecule has 1 aliphatic carbocycles. The first kappa shape index (κ1) is 12.0. The zero-order valence-corrected chi connectivity index (χ0v) is 10.3. The molecular formula is C14H14O5. The lowest BCUT2D eigenvalue weighted by Gasteiger charge is -2.25. The van der Waals surface area contributed by atoms with Crippen LogP contribution in [0.2, 0.25) is 0 Å². The first-order valence-corrected chi connectivity index (χ1v) is 6.26. The molecule has 0 spiro atoms. The van der Waals surface area contributed by atoms with Gasteiger partial charge in [0.2, 0.25) is 0 Å². The van der Waals surface area contributed by atoms with E-state index in [0.717, 1.165) is 24.7 Å². The Hall–Kier alpha value is -2.04. The van der Waals surface area contributed by atoms with E-state index < -0.39 is 5.97 Å². The molecule has 0 aromatic heterocycles. The predicted molar refractivity (Wildman–Crippen MR) is 66.0 cm³/mol. The molecule has 1 heterocycles. The molecule has 19 heavy (non-hydrogen) atoms. The van der Waals surface area contributed by atoms with Crippen molar-refractivity contribution in [3.05, 3.63) is 23.3 Å². The number of carbonyl (C=O) groups excluding carboxylic acids is 1. The highest BCUT2D eigenvalue weighted by molar-refractivity contribution is 5.82. The van der Waals surface area contributed by atoms with Gasteiger partial charge in [0.1, 0.15) is 13.2 Å². The summed E-state index contributed by atoms with van der Waals surface area (Å²) in [5, 5.41) is 9.03. The van der Waals surface area contributed by atoms with Crippen molar-refractivity contribution in [2.75, 3.05) is 13.2 Å². The van der Waals surface area contributed by atoms with E-state index >= 15 is 0 Å². The molecule has 2 aliphatic rings. The van der Waals surface area contributed by atoms with Gasteiger partial charge in [0.25, 0.3) is 0 Å². The molecule has 5 nitrogen and oxygen atoms in total. The lowest BCUT2D eigenvalue weighted by atomic mass is 9.90. The van der Waals surface area contributed by atoms with E-state index in [1.165, 1.54) is 0 Å². The van der Waals surface area contributed by atoms with E-state index in [-0.39, 0.29) is 11.8 Å². The van der Waals surface area contributed by atoms with Crippen LogP contribution < -0.4 is 9.47 Å². The number of carboxylic acids is 1. The maximum absolute atomic E-state index is 11.0.